The van der Waals surface area contributed by atoms with Crippen molar-refractivity contribution in [2.45, 2.75) is 19.4 Å². The number of hydrogen-bond donors (Lipinski definition) is 0. The molecule has 0 aliphatic rings. The first-order chi connectivity index (χ1) is 10.1. The molecule has 112 valence electrons. The summed E-state index contributed by atoms with van der Waals surface area (Å²) in [5.74, 6) is -0.268. The third-order valence-electron chi connectivity index (χ3n) is 2.84. The smallest absolute Gasteiger partial charge is 0.323 e. The second kappa shape index (κ2) is 6.99. The minimum atomic E-state index is -0.686. The van der Waals surface area contributed by atoms with Crippen molar-refractivity contribution in [2.24, 2.45) is 0 Å². The van der Waals surface area contributed by atoms with E-state index >= 15 is 0 Å². The van der Waals surface area contributed by atoms with Gasteiger partial charge in [0.05, 0.1) is 13.2 Å². The molecule has 1 aromatic carbocycles. The van der Waals surface area contributed by atoms with Crippen molar-refractivity contribution in [1.29, 1.82) is 0 Å². The van der Waals surface area contributed by atoms with Crippen molar-refractivity contribution in [3.8, 4) is 0 Å². The molecule has 0 aliphatic carbocycles. The normalized spacial score (nSPS) is 12.4. The van der Waals surface area contributed by atoms with E-state index in [1.54, 1.807) is 6.92 Å². The Balaban J connectivity index is 2.31. The fourth-order valence-electron chi connectivity index (χ4n) is 1.98. The summed E-state index contributed by atoms with van der Waals surface area (Å²) < 4.78 is 10.4. The highest BCUT2D eigenvalue weighted by Crippen LogP contribution is 2.24. The highest BCUT2D eigenvalue weighted by Gasteiger charge is 2.29. The molecular weight excluding hydrogens is 270 g/mol. The first kappa shape index (κ1) is 15.2. The van der Waals surface area contributed by atoms with Crippen molar-refractivity contribution in [2.75, 3.05) is 20.7 Å². The van der Waals surface area contributed by atoms with Gasteiger partial charge in [-0.3, -0.25) is 4.79 Å². The van der Waals surface area contributed by atoms with Crippen LogP contribution in [-0.4, -0.2) is 41.7 Å². The van der Waals surface area contributed by atoms with Gasteiger partial charge < -0.3 is 14.2 Å². The van der Waals surface area contributed by atoms with Crippen LogP contribution in [0.3, 0.4) is 0 Å². The van der Waals surface area contributed by atoms with Crippen LogP contribution in [0.2, 0.25) is 0 Å². The molecule has 21 heavy (non-hydrogen) atoms. The highest BCUT2D eigenvalue weighted by molar-refractivity contribution is 5.80. The predicted octanol–water partition coefficient (Wildman–Crippen LogP) is 1.83. The van der Waals surface area contributed by atoms with Gasteiger partial charge in [-0.05, 0) is 26.6 Å². The third kappa shape index (κ3) is 3.88. The topological polar surface area (TPSA) is 68.5 Å². The van der Waals surface area contributed by atoms with Crippen molar-refractivity contribution < 1.29 is 14.1 Å². The molecule has 0 saturated heterocycles. The molecule has 6 heteroatoms. The fourth-order valence-corrected chi connectivity index (χ4v) is 1.98. The van der Waals surface area contributed by atoms with Gasteiger partial charge in [0.15, 0.2) is 11.7 Å². The van der Waals surface area contributed by atoms with E-state index in [9.17, 15) is 4.79 Å². The number of ether oxygens (including phenoxy) is 1. The molecule has 0 amide bonds. The van der Waals surface area contributed by atoms with Crippen LogP contribution in [-0.2, 0) is 16.1 Å². The summed E-state index contributed by atoms with van der Waals surface area (Å²) in [6.45, 7) is 2.62. The molecule has 0 spiro atoms. The largest absolute Gasteiger partial charge is 0.465 e. The lowest BCUT2D eigenvalue weighted by Gasteiger charge is -2.11. The first-order valence-electron chi connectivity index (χ1n) is 6.80. The number of esters is 1. The molecule has 2 aromatic rings. The number of aromatic nitrogens is 2. The highest BCUT2D eigenvalue weighted by atomic mass is 16.5. The second-order valence-corrected chi connectivity index (χ2v) is 4.88. The molecule has 1 atom stereocenters. The minimum Gasteiger partial charge on any atom is -0.465 e. The van der Waals surface area contributed by atoms with Crippen molar-refractivity contribution in [3.63, 3.8) is 0 Å². The fraction of sp³-hybridized carbons (Fsp3) is 0.400. The van der Waals surface area contributed by atoms with E-state index in [1.807, 2.05) is 49.3 Å². The summed E-state index contributed by atoms with van der Waals surface area (Å²) >= 11 is 0. The number of carbonyl (C=O) groups is 1. The van der Waals surface area contributed by atoms with E-state index < -0.39 is 5.92 Å². The van der Waals surface area contributed by atoms with Gasteiger partial charge in [-0.15, -0.1) is 0 Å². The molecule has 0 radical (unpaired) electrons. The molecule has 0 aliphatic heterocycles. The summed E-state index contributed by atoms with van der Waals surface area (Å²) in [5, 5.41) is 3.91. The second-order valence-electron chi connectivity index (χ2n) is 4.88. The quantitative estimate of drug-likeness (QED) is 0.756. The van der Waals surface area contributed by atoms with Crippen LogP contribution in [0, 0.1) is 0 Å². The standard InChI is InChI=1S/C15H19N3O3/c1-4-20-15(19)13(11-8-6-5-7-9-11)14-16-12(17-21-14)10-18(2)3/h5-9,13H,4,10H2,1-3H3. The van der Waals surface area contributed by atoms with Gasteiger partial charge in [-0.1, -0.05) is 35.5 Å². The lowest BCUT2D eigenvalue weighted by Crippen LogP contribution is -2.18. The molecule has 2 rings (SSSR count). The summed E-state index contributed by atoms with van der Waals surface area (Å²) in [7, 11) is 3.83. The summed E-state index contributed by atoms with van der Waals surface area (Å²) in [6, 6.07) is 9.29. The number of rotatable bonds is 6. The van der Waals surface area contributed by atoms with Crippen LogP contribution in [0.15, 0.2) is 34.9 Å². The van der Waals surface area contributed by atoms with Gasteiger partial charge in [-0.25, -0.2) is 0 Å². The Labute approximate surface area is 123 Å². The number of nitrogens with zero attached hydrogens (tertiary/aromatic N) is 3. The Kier molecular flexibility index (Phi) is 5.05. The molecule has 0 fully saturated rings. The van der Waals surface area contributed by atoms with E-state index in [0.29, 0.717) is 19.0 Å². The van der Waals surface area contributed by atoms with Crippen LogP contribution in [0.5, 0.6) is 0 Å². The van der Waals surface area contributed by atoms with Gasteiger partial charge in [-0.2, -0.15) is 4.98 Å². The average molecular weight is 289 g/mol. The first-order valence-corrected chi connectivity index (χ1v) is 6.80. The Morgan fingerprint density at radius 1 is 1.33 bits per heavy atom. The molecule has 1 unspecified atom stereocenters. The SMILES string of the molecule is CCOC(=O)C(c1ccccc1)c1nc(CN(C)C)no1. The summed E-state index contributed by atoms with van der Waals surface area (Å²) in [5.41, 5.74) is 0.774. The van der Waals surface area contributed by atoms with Crippen molar-refractivity contribution >= 4 is 5.97 Å². The van der Waals surface area contributed by atoms with Crippen LogP contribution in [0.4, 0.5) is 0 Å². The van der Waals surface area contributed by atoms with Crippen LogP contribution in [0.25, 0.3) is 0 Å². The van der Waals surface area contributed by atoms with Gasteiger partial charge in [0.1, 0.15) is 0 Å². The number of benzene rings is 1. The Morgan fingerprint density at radius 2 is 2.05 bits per heavy atom. The Bertz CT molecular complexity index is 581. The lowest BCUT2D eigenvalue weighted by molar-refractivity contribution is -0.144. The van der Waals surface area contributed by atoms with E-state index in [0.717, 1.165) is 5.56 Å². The van der Waals surface area contributed by atoms with E-state index in [4.69, 9.17) is 9.26 Å². The van der Waals surface area contributed by atoms with E-state index in [-0.39, 0.29) is 11.9 Å². The molecule has 0 saturated carbocycles. The van der Waals surface area contributed by atoms with Gasteiger partial charge >= 0.3 is 5.97 Å². The van der Waals surface area contributed by atoms with Crippen LogP contribution < -0.4 is 0 Å². The maximum atomic E-state index is 12.2. The number of hydrogen-bond acceptors (Lipinski definition) is 6. The Hall–Kier alpha value is -2.21. The van der Waals surface area contributed by atoms with Gasteiger partial charge in [0.2, 0.25) is 5.89 Å². The van der Waals surface area contributed by atoms with Gasteiger partial charge in [0, 0.05) is 0 Å². The zero-order valence-corrected chi connectivity index (χ0v) is 12.4. The predicted molar refractivity (Wildman–Crippen MR) is 76.6 cm³/mol. The summed E-state index contributed by atoms with van der Waals surface area (Å²) in [4.78, 5) is 18.5. The van der Waals surface area contributed by atoms with Crippen molar-refractivity contribution in [1.82, 2.24) is 15.0 Å². The molecular formula is C15H19N3O3. The van der Waals surface area contributed by atoms with Crippen LogP contribution in [0.1, 0.15) is 30.1 Å². The maximum Gasteiger partial charge on any atom is 0.323 e. The van der Waals surface area contributed by atoms with E-state index in [2.05, 4.69) is 10.1 Å². The molecule has 1 heterocycles. The zero-order chi connectivity index (χ0) is 15.2. The van der Waals surface area contributed by atoms with Crippen LogP contribution >= 0.6 is 0 Å². The molecule has 0 bridgehead atoms. The minimum absolute atomic E-state index is 0.261. The molecule has 6 nitrogen and oxygen atoms in total. The monoisotopic (exact) mass is 289 g/mol. The lowest BCUT2D eigenvalue weighted by atomic mass is 9.99. The maximum absolute atomic E-state index is 12.2. The number of carbonyl (C=O) groups excluding carboxylic acids is 1. The van der Waals surface area contributed by atoms with Crippen molar-refractivity contribution in [3.05, 3.63) is 47.6 Å². The van der Waals surface area contributed by atoms with Gasteiger partial charge in [0.25, 0.3) is 0 Å². The Morgan fingerprint density at radius 3 is 2.67 bits per heavy atom. The zero-order valence-electron chi connectivity index (χ0n) is 12.4. The summed E-state index contributed by atoms with van der Waals surface area (Å²) in [6.07, 6.45) is 0. The third-order valence-corrected chi connectivity index (χ3v) is 2.84. The average Bonchev–Trinajstić information content (AvgIpc) is 2.88. The molecule has 1 aromatic heterocycles. The molecule has 0 N–H and O–H groups in total. The van der Waals surface area contributed by atoms with E-state index in [1.165, 1.54) is 0 Å².